The molecule has 0 spiro atoms. The van der Waals surface area contributed by atoms with Crippen LogP contribution in [0.15, 0.2) is 108 Å². The van der Waals surface area contributed by atoms with E-state index in [4.69, 9.17) is 23.9 Å². The number of fused-ring (bicyclic) bond motifs is 5. The number of rotatable bonds is 17. The maximum atomic E-state index is 14.7. The van der Waals surface area contributed by atoms with Crippen molar-refractivity contribution in [3.8, 4) is 5.75 Å². The largest absolute Gasteiger partial charge is 0.491 e. The Hall–Kier alpha value is -6.37. The number of nitrogens with zero attached hydrogens (tertiary/aromatic N) is 3. The van der Waals surface area contributed by atoms with Crippen LogP contribution in [0.1, 0.15) is 114 Å². The van der Waals surface area contributed by atoms with Crippen LogP contribution in [-0.2, 0) is 40.1 Å². The predicted octanol–water partition coefficient (Wildman–Crippen LogP) is 10.7. The van der Waals surface area contributed by atoms with Crippen LogP contribution in [0.25, 0.3) is 32.6 Å². The summed E-state index contributed by atoms with van der Waals surface area (Å²) in [5.41, 5.74) is 4.69. The topological polar surface area (TPSA) is 135 Å². The molecule has 1 saturated heterocycles. The van der Waals surface area contributed by atoms with Crippen molar-refractivity contribution < 1.29 is 43.1 Å². The normalized spacial score (nSPS) is 15.9. The molecule has 1 fully saturated rings. The van der Waals surface area contributed by atoms with Crippen LogP contribution in [0.3, 0.4) is 0 Å². The minimum atomic E-state index is -0.819. The van der Waals surface area contributed by atoms with E-state index in [1.54, 1.807) is 24.3 Å². The maximum absolute atomic E-state index is 14.7. The SMILES string of the molecule is CCCCC(CC)Cn1c2ccc(C(CC(c3ccccc3)N(OC(C)=O)C(C)=O)=NOC(C)=O)cc2c2cc(C(=O)c3ccc(OCC4COC(C)(C)O4)cc3)c3ccccc3c21. The fraction of sp³-hybridized carbons (Fsp3) is 0.365. The summed E-state index contributed by atoms with van der Waals surface area (Å²) in [5, 5.41) is 8.93. The van der Waals surface area contributed by atoms with Crippen LogP contribution in [0.5, 0.6) is 5.75 Å². The van der Waals surface area contributed by atoms with Gasteiger partial charge in [0.1, 0.15) is 24.5 Å². The minimum absolute atomic E-state index is 0.0229. The fourth-order valence-corrected chi connectivity index (χ4v) is 8.60. The molecule has 0 saturated carbocycles. The molecule has 6 aromatic rings. The van der Waals surface area contributed by atoms with E-state index in [1.165, 1.54) is 20.8 Å². The highest BCUT2D eigenvalue weighted by molar-refractivity contribution is 6.26. The van der Waals surface area contributed by atoms with Gasteiger partial charge in [0.15, 0.2) is 11.6 Å². The minimum Gasteiger partial charge on any atom is -0.491 e. The molecule has 12 heteroatoms. The van der Waals surface area contributed by atoms with Gasteiger partial charge < -0.3 is 28.5 Å². The first-order chi connectivity index (χ1) is 30.8. The monoisotopic (exact) mass is 867 g/mol. The third kappa shape index (κ3) is 10.4. The number of benzene rings is 5. The second-order valence-corrected chi connectivity index (χ2v) is 16.9. The highest BCUT2D eigenvalue weighted by Crippen LogP contribution is 2.39. The predicted molar refractivity (Wildman–Crippen MR) is 247 cm³/mol. The summed E-state index contributed by atoms with van der Waals surface area (Å²) >= 11 is 0. The van der Waals surface area contributed by atoms with Gasteiger partial charge in [0.05, 0.1) is 17.8 Å². The van der Waals surface area contributed by atoms with Crippen molar-refractivity contribution in [2.75, 3.05) is 13.2 Å². The first kappa shape index (κ1) is 45.6. The number of ether oxygens (including phenoxy) is 3. The Morgan fingerprint density at radius 2 is 1.53 bits per heavy atom. The Morgan fingerprint density at radius 1 is 0.828 bits per heavy atom. The number of carbonyl (C=O) groups is 4. The van der Waals surface area contributed by atoms with E-state index in [-0.39, 0.29) is 18.3 Å². The van der Waals surface area contributed by atoms with Gasteiger partial charge in [-0.3, -0.25) is 14.4 Å². The molecule has 0 N–H and O–H groups in total. The van der Waals surface area contributed by atoms with Crippen LogP contribution < -0.4 is 4.74 Å². The van der Waals surface area contributed by atoms with Crippen molar-refractivity contribution >= 4 is 61.9 Å². The van der Waals surface area contributed by atoms with Crippen molar-refractivity contribution in [2.24, 2.45) is 11.1 Å². The average molecular weight is 868 g/mol. The van der Waals surface area contributed by atoms with Crippen LogP contribution in [0, 0.1) is 5.92 Å². The molecular weight excluding hydrogens is 811 g/mol. The van der Waals surface area contributed by atoms with Crippen LogP contribution in [0.4, 0.5) is 0 Å². The Kier molecular flexibility index (Phi) is 14.3. The summed E-state index contributed by atoms with van der Waals surface area (Å²) in [6.45, 7) is 13.5. The van der Waals surface area contributed by atoms with E-state index in [0.29, 0.717) is 52.8 Å². The molecule has 12 nitrogen and oxygen atoms in total. The molecule has 2 heterocycles. The molecule has 1 amide bonds. The highest BCUT2D eigenvalue weighted by Gasteiger charge is 2.33. The molecule has 1 aliphatic heterocycles. The summed E-state index contributed by atoms with van der Waals surface area (Å²) in [6, 6.07) is 31.6. The molecule has 3 unspecified atom stereocenters. The first-order valence-electron chi connectivity index (χ1n) is 22.1. The van der Waals surface area contributed by atoms with Crippen LogP contribution in [-0.4, -0.2) is 64.1 Å². The van der Waals surface area contributed by atoms with Crippen molar-refractivity contribution in [3.63, 3.8) is 0 Å². The van der Waals surface area contributed by atoms with Crippen molar-refractivity contribution in [3.05, 3.63) is 125 Å². The van der Waals surface area contributed by atoms with Gasteiger partial charge in [-0.2, -0.15) is 5.06 Å². The number of amides is 1. The lowest BCUT2D eigenvalue weighted by atomic mass is 9.93. The summed E-state index contributed by atoms with van der Waals surface area (Å²) in [7, 11) is 0. The second-order valence-electron chi connectivity index (χ2n) is 16.9. The van der Waals surface area contributed by atoms with E-state index >= 15 is 0 Å². The number of unbranched alkanes of at least 4 members (excludes halogenated alkanes) is 1. The zero-order valence-corrected chi connectivity index (χ0v) is 37.7. The van der Waals surface area contributed by atoms with Crippen LogP contribution >= 0.6 is 0 Å². The lowest BCUT2D eigenvalue weighted by Gasteiger charge is -2.29. The molecule has 64 heavy (non-hydrogen) atoms. The first-order valence-corrected chi connectivity index (χ1v) is 22.1. The molecule has 0 radical (unpaired) electrons. The quantitative estimate of drug-likeness (QED) is 0.0380. The molecule has 5 aromatic carbocycles. The van der Waals surface area contributed by atoms with Gasteiger partial charge in [-0.1, -0.05) is 98.9 Å². The van der Waals surface area contributed by atoms with E-state index in [2.05, 4.69) is 29.6 Å². The zero-order chi connectivity index (χ0) is 45.5. The standard InChI is InChI=1S/C52H57N3O9/c1-8-10-16-36(9-2)30-54-48-26-23-39(47(53-63-34(4)57)29-49(37-17-12-11-13-18-37)55(33(3)56)64-35(5)58)27-44(48)45-28-46(42-19-14-15-20-43(42)50(45)54)51(59)38-21-24-40(25-22-38)60-31-41-32-61-52(6,7)62-41/h11-15,17-28,36,41,49H,8-10,16,29-32H2,1-7H3. The Labute approximate surface area is 374 Å². The molecule has 7 rings (SSSR count). The number of hydrogen-bond acceptors (Lipinski definition) is 10. The number of hydroxylamine groups is 2. The van der Waals surface area contributed by atoms with Crippen molar-refractivity contribution in [2.45, 2.75) is 105 Å². The van der Waals surface area contributed by atoms with Gasteiger partial charge in [-0.15, -0.1) is 0 Å². The average Bonchev–Trinajstić information content (AvgIpc) is 3.80. The van der Waals surface area contributed by atoms with Crippen molar-refractivity contribution in [1.29, 1.82) is 0 Å². The number of hydrogen-bond donors (Lipinski definition) is 0. The van der Waals surface area contributed by atoms with Crippen LogP contribution in [0.2, 0.25) is 0 Å². The zero-order valence-electron chi connectivity index (χ0n) is 37.7. The smallest absolute Gasteiger partial charge is 0.331 e. The van der Waals surface area contributed by atoms with Gasteiger partial charge in [-0.05, 0) is 79.6 Å². The van der Waals surface area contributed by atoms with Gasteiger partial charge in [0, 0.05) is 72.1 Å². The maximum Gasteiger partial charge on any atom is 0.331 e. The molecule has 0 bridgehead atoms. The van der Waals surface area contributed by atoms with Gasteiger partial charge in [0.25, 0.3) is 5.91 Å². The Bertz CT molecular complexity index is 2690. The molecule has 3 atom stereocenters. The van der Waals surface area contributed by atoms with E-state index in [9.17, 15) is 19.2 Å². The van der Waals surface area contributed by atoms with Gasteiger partial charge in [-0.25, -0.2) is 4.79 Å². The fourth-order valence-electron chi connectivity index (χ4n) is 8.60. The molecule has 1 aliphatic rings. The van der Waals surface area contributed by atoms with Gasteiger partial charge >= 0.3 is 11.9 Å². The molecule has 334 valence electrons. The Balaban J connectivity index is 1.36. The Morgan fingerprint density at radius 3 is 2.17 bits per heavy atom. The summed E-state index contributed by atoms with van der Waals surface area (Å²) < 4.78 is 20.0. The molecule has 0 aliphatic carbocycles. The molecular formula is C52H57N3O9. The summed E-state index contributed by atoms with van der Waals surface area (Å²) in [5.74, 6) is -1.54. The third-order valence-electron chi connectivity index (χ3n) is 11.7. The lowest BCUT2D eigenvalue weighted by Crippen LogP contribution is -2.36. The summed E-state index contributed by atoms with van der Waals surface area (Å²) in [6.07, 6.45) is 4.13. The second kappa shape index (κ2) is 20.0. The number of aromatic nitrogens is 1. The van der Waals surface area contributed by atoms with E-state index < -0.39 is 29.7 Å². The van der Waals surface area contributed by atoms with Crippen molar-refractivity contribution in [1.82, 2.24) is 9.63 Å². The van der Waals surface area contributed by atoms with E-state index in [1.807, 2.05) is 86.6 Å². The number of carbonyl (C=O) groups excluding carboxylic acids is 4. The van der Waals surface area contributed by atoms with E-state index in [0.717, 1.165) is 69.9 Å². The van der Waals surface area contributed by atoms with Gasteiger partial charge in [0.2, 0.25) is 0 Å². The molecule has 1 aromatic heterocycles. The summed E-state index contributed by atoms with van der Waals surface area (Å²) in [4.78, 5) is 63.1. The highest BCUT2D eigenvalue weighted by atomic mass is 16.7. The lowest BCUT2D eigenvalue weighted by molar-refractivity contribution is -0.204. The third-order valence-corrected chi connectivity index (χ3v) is 11.7. The number of oxime groups is 1. The number of ketones is 1.